The van der Waals surface area contributed by atoms with Crippen molar-refractivity contribution in [1.82, 2.24) is 4.98 Å². The lowest BCUT2D eigenvalue weighted by atomic mass is 10.2. The summed E-state index contributed by atoms with van der Waals surface area (Å²) in [6, 6.07) is 5.87. The molecule has 1 unspecified atom stereocenters. The largest absolute Gasteiger partial charge is 0.327 e. The minimum Gasteiger partial charge on any atom is -0.327 e. The topological polar surface area (TPSA) is 68.0 Å². The number of anilines is 1. The fourth-order valence-corrected chi connectivity index (χ4v) is 2.56. The summed E-state index contributed by atoms with van der Waals surface area (Å²) in [7, 11) is 0. The summed E-state index contributed by atoms with van der Waals surface area (Å²) in [6.07, 6.45) is 0.314. The zero-order valence-corrected chi connectivity index (χ0v) is 10.7. The molecule has 0 aliphatic carbocycles. The molecule has 0 saturated carbocycles. The van der Waals surface area contributed by atoms with Crippen LogP contribution in [0.5, 0.6) is 0 Å². The van der Waals surface area contributed by atoms with Crippen LogP contribution in [0, 0.1) is 6.92 Å². The van der Waals surface area contributed by atoms with Gasteiger partial charge in [0.15, 0.2) is 5.13 Å². The van der Waals surface area contributed by atoms with Crippen LogP contribution in [0.25, 0.3) is 10.2 Å². The molecular formula is C12H15N3OS. The van der Waals surface area contributed by atoms with Gasteiger partial charge in [0, 0.05) is 12.5 Å². The number of nitrogens with two attached hydrogens (primary N) is 1. The Morgan fingerprint density at radius 2 is 2.35 bits per heavy atom. The monoisotopic (exact) mass is 249 g/mol. The van der Waals surface area contributed by atoms with Gasteiger partial charge in [-0.15, -0.1) is 0 Å². The third-order valence-corrected chi connectivity index (χ3v) is 3.31. The first-order chi connectivity index (χ1) is 8.06. The highest BCUT2D eigenvalue weighted by Gasteiger charge is 2.10. The van der Waals surface area contributed by atoms with Crippen LogP contribution in [0.3, 0.4) is 0 Å². The van der Waals surface area contributed by atoms with Gasteiger partial charge < -0.3 is 11.1 Å². The summed E-state index contributed by atoms with van der Waals surface area (Å²) in [6.45, 7) is 3.82. The Morgan fingerprint density at radius 3 is 3.00 bits per heavy atom. The number of amides is 1. The van der Waals surface area contributed by atoms with E-state index >= 15 is 0 Å². The van der Waals surface area contributed by atoms with E-state index in [1.165, 1.54) is 11.3 Å². The van der Waals surface area contributed by atoms with Gasteiger partial charge in [0.1, 0.15) is 0 Å². The number of para-hydroxylation sites is 1. The van der Waals surface area contributed by atoms with E-state index in [0.717, 1.165) is 15.8 Å². The normalized spacial score (nSPS) is 12.6. The third kappa shape index (κ3) is 2.81. The smallest absolute Gasteiger partial charge is 0.227 e. The number of hydrogen-bond acceptors (Lipinski definition) is 4. The van der Waals surface area contributed by atoms with Gasteiger partial charge >= 0.3 is 0 Å². The Bertz CT molecular complexity index is 548. The number of rotatable bonds is 3. The highest BCUT2D eigenvalue weighted by molar-refractivity contribution is 7.22. The molecule has 1 aromatic heterocycles. The van der Waals surface area contributed by atoms with Gasteiger partial charge in [-0.25, -0.2) is 4.98 Å². The van der Waals surface area contributed by atoms with Crippen LogP contribution in [-0.4, -0.2) is 16.9 Å². The minimum absolute atomic E-state index is 0.0864. The molecule has 1 amide bonds. The molecule has 5 heteroatoms. The van der Waals surface area contributed by atoms with E-state index in [9.17, 15) is 4.79 Å². The predicted molar refractivity (Wildman–Crippen MR) is 71.3 cm³/mol. The first kappa shape index (κ1) is 12.0. The summed E-state index contributed by atoms with van der Waals surface area (Å²) in [4.78, 5) is 16.0. The van der Waals surface area contributed by atoms with Crippen LogP contribution < -0.4 is 11.1 Å². The van der Waals surface area contributed by atoms with Gasteiger partial charge in [0.2, 0.25) is 5.91 Å². The molecule has 0 fully saturated rings. The molecule has 0 radical (unpaired) electrons. The molecule has 0 spiro atoms. The van der Waals surface area contributed by atoms with Crippen molar-refractivity contribution in [2.24, 2.45) is 5.73 Å². The number of aromatic nitrogens is 1. The molecule has 90 valence electrons. The van der Waals surface area contributed by atoms with Gasteiger partial charge in [-0.1, -0.05) is 23.5 Å². The summed E-state index contributed by atoms with van der Waals surface area (Å²) in [5.74, 6) is -0.0864. The standard InChI is InChI=1S/C12H15N3OS/c1-7-4-3-5-9-11(7)15-12(17-9)14-10(16)6-8(2)13/h3-5,8H,6,13H2,1-2H3,(H,14,15,16). The lowest BCUT2D eigenvalue weighted by Crippen LogP contribution is -2.23. The molecule has 0 aliphatic heterocycles. The van der Waals surface area contributed by atoms with Crippen molar-refractivity contribution in [3.63, 3.8) is 0 Å². The molecule has 0 aliphatic rings. The lowest BCUT2D eigenvalue weighted by Gasteiger charge is -2.03. The molecule has 2 aromatic rings. The number of nitrogens with one attached hydrogen (secondary N) is 1. The van der Waals surface area contributed by atoms with Crippen LogP contribution in [-0.2, 0) is 4.79 Å². The second kappa shape index (κ2) is 4.81. The third-order valence-electron chi connectivity index (χ3n) is 2.37. The van der Waals surface area contributed by atoms with E-state index < -0.39 is 0 Å². The van der Waals surface area contributed by atoms with E-state index in [4.69, 9.17) is 5.73 Å². The van der Waals surface area contributed by atoms with Crippen LogP contribution >= 0.6 is 11.3 Å². The van der Waals surface area contributed by atoms with E-state index in [2.05, 4.69) is 10.3 Å². The average Bonchev–Trinajstić information content (AvgIpc) is 2.60. The van der Waals surface area contributed by atoms with Gasteiger partial charge in [-0.05, 0) is 25.5 Å². The van der Waals surface area contributed by atoms with Crippen molar-refractivity contribution in [1.29, 1.82) is 0 Å². The highest BCUT2D eigenvalue weighted by atomic mass is 32.1. The summed E-state index contributed by atoms with van der Waals surface area (Å²) in [5, 5.41) is 3.42. The van der Waals surface area contributed by atoms with Crippen LogP contribution in [0.2, 0.25) is 0 Å². The maximum absolute atomic E-state index is 11.6. The number of aryl methyl sites for hydroxylation is 1. The minimum atomic E-state index is -0.133. The molecule has 0 saturated heterocycles. The Hall–Kier alpha value is -1.46. The number of fused-ring (bicyclic) bond motifs is 1. The van der Waals surface area contributed by atoms with E-state index in [1.54, 1.807) is 0 Å². The van der Waals surface area contributed by atoms with Gasteiger partial charge in [-0.3, -0.25) is 4.79 Å². The molecule has 0 bridgehead atoms. The SMILES string of the molecule is Cc1cccc2sc(NC(=O)CC(C)N)nc12. The van der Waals surface area contributed by atoms with Crippen molar-refractivity contribution in [3.8, 4) is 0 Å². The van der Waals surface area contributed by atoms with Crippen LogP contribution in [0.1, 0.15) is 18.9 Å². The molecule has 1 heterocycles. The zero-order valence-electron chi connectivity index (χ0n) is 9.86. The number of benzene rings is 1. The second-order valence-corrected chi connectivity index (χ2v) is 5.20. The second-order valence-electron chi connectivity index (χ2n) is 4.17. The number of nitrogens with zero attached hydrogens (tertiary/aromatic N) is 1. The van der Waals surface area contributed by atoms with E-state index in [0.29, 0.717) is 11.6 Å². The summed E-state index contributed by atoms with van der Waals surface area (Å²) < 4.78 is 1.08. The Labute approximate surface area is 104 Å². The summed E-state index contributed by atoms with van der Waals surface area (Å²) in [5.41, 5.74) is 7.64. The highest BCUT2D eigenvalue weighted by Crippen LogP contribution is 2.27. The fraction of sp³-hybridized carbons (Fsp3) is 0.333. The van der Waals surface area contributed by atoms with Gasteiger partial charge in [0.25, 0.3) is 0 Å². The predicted octanol–water partition coefficient (Wildman–Crippen LogP) is 2.28. The molecule has 3 N–H and O–H groups in total. The fourth-order valence-electron chi connectivity index (χ4n) is 1.60. The molecule has 4 nitrogen and oxygen atoms in total. The molecular weight excluding hydrogens is 234 g/mol. The average molecular weight is 249 g/mol. The first-order valence-electron chi connectivity index (χ1n) is 5.48. The number of hydrogen-bond donors (Lipinski definition) is 2. The van der Waals surface area contributed by atoms with Crippen molar-refractivity contribution >= 4 is 32.6 Å². The van der Waals surface area contributed by atoms with Crippen LogP contribution in [0.15, 0.2) is 18.2 Å². The molecule has 2 rings (SSSR count). The molecule has 1 aromatic carbocycles. The van der Waals surface area contributed by atoms with E-state index in [1.807, 2.05) is 32.0 Å². The summed E-state index contributed by atoms with van der Waals surface area (Å²) >= 11 is 1.48. The van der Waals surface area contributed by atoms with Crippen LogP contribution in [0.4, 0.5) is 5.13 Å². The van der Waals surface area contributed by atoms with Gasteiger partial charge in [-0.2, -0.15) is 0 Å². The lowest BCUT2D eigenvalue weighted by molar-refractivity contribution is -0.116. The Morgan fingerprint density at radius 1 is 1.59 bits per heavy atom. The van der Waals surface area contributed by atoms with Crippen molar-refractivity contribution in [2.75, 3.05) is 5.32 Å². The Balaban J connectivity index is 2.20. The quantitative estimate of drug-likeness (QED) is 0.877. The van der Waals surface area contributed by atoms with Crippen molar-refractivity contribution in [2.45, 2.75) is 26.3 Å². The van der Waals surface area contributed by atoms with Gasteiger partial charge in [0.05, 0.1) is 10.2 Å². The molecule has 17 heavy (non-hydrogen) atoms. The zero-order chi connectivity index (χ0) is 12.4. The number of carbonyl (C=O) groups is 1. The van der Waals surface area contributed by atoms with E-state index in [-0.39, 0.29) is 11.9 Å². The first-order valence-corrected chi connectivity index (χ1v) is 6.29. The van der Waals surface area contributed by atoms with Crippen molar-refractivity contribution in [3.05, 3.63) is 23.8 Å². The molecule has 1 atom stereocenters. The maximum Gasteiger partial charge on any atom is 0.227 e. The number of carbonyl (C=O) groups excluding carboxylic acids is 1. The maximum atomic E-state index is 11.6. The van der Waals surface area contributed by atoms with Crippen molar-refractivity contribution < 1.29 is 4.79 Å². The number of thiazole rings is 1. The Kier molecular flexibility index (Phi) is 3.40.